The van der Waals surface area contributed by atoms with Gasteiger partial charge in [-0.2, -0.15) is 0 Å². The predicted octanol–water partition coefficient (Wildman–Crippen LogP) is 1.31. The van der Waals surface area contributed by atoms with E-state index in [1.54, 1.807) is 6.92 Å². The molecule has 0 unspecified atom stereocenters. The molecule has 0 saturated carbocycles. The molecule has 0 aromatic heterocycles. The molecule has 0 aliphatic rings. The fourth-order valence-electron chi connectivity index (χ4n) is 1.82. The number of likely N-dealkylation sites (N-methyl/N-ethyl adjacent to an activating group) is 1. The minimum atomic E-state index is -0.989. The molecule has 0 fully saturated rings. The van der Waals surface area contributed by atoms with Crippen LogP contribution in [0.25, 0.3) is 0 Å². The van der Waals surface area contributed by atoms with Gasteiger partial charge in [-0.3, -0.25) is 19.7 Å². The summed E-state index contributed by atoms with van der Waals surface area (Å²) < 4.78 is 10.2. The number of benzene rings is 1. The Hall–Kier alpha value is -2.84. The fourth-order valence-corrected chi connectivity index (χ4v) is 1.82. The van der Waals surface area contributed by atoms with Crippen molar-refractivity contribution in [2.45, 2.75) is 13.3 Å². The zero-order valence-corrected chi connectivity index (χ0v) is 12.9. The highest BCUT2D eigenvalue weighted by atomic mass is 16.6. The van der Waals surface area contributed by atoms with Gasteiger partial charge in [0.25, 0.3) is 5.91 Å². The van der Waals surface area contributed by atoms with E-state index in [9.17, 15) is 19.7 Å². The number of nitro benzene ring substituents is 1. The maximum Gasteiger partial charge on any atom is 0.311 e. The second-order valence-electron chi connectivity index (χ2n) is 4.50. The maximum atomic E-state index is 12.0. The SMILES string of the molecule is CCN(CCC(=O)O)C(=O)COc1ccc([N+](=O)[O-])c(OC)c1. The third kappa shape index (κ3) is 5.46. The van der Waals surface area contributed by atoms with Gasteiger partial charge in [-0.1, -0.05) is 0 Å². The first-order valence-electron chi connectivity index (χ1n) is 6.83. The van der Waals surface area contributed by atoms with Crippen LogP contribution in [0.5, 0.6) is 11.5 Å². The Morgan fingerprint density at radius 3 is 2.61 bits per heavy atom. The van der Waals surface area contributed by atoms with Gasteiger partial charge in [0, 0.05) is 25.2 Å². The summed E-state index contributed by atoms with van der Waals surface area (Å²) in [5, 5.41) is 19.4. The van der Waals surface area contributed by atoms with Crippen LogP contribution in [-0.2, 0) is 9.59 Å². The summed E-state index contributed by atoms with van der Waals surface area (Å²) in [4.78, 5) is 34.1. The Balaban J connectivity index is 2.68. The molecule has 0 bridgehead atoms. The summed E-state index contributed by atoms with van der Waals surface area (Å²) in [7, 11) is 1.29. The van der Waals surface area contributed by atoms with Gasteiger partial charge in [0.05, 0.1) is 18.5 Å². The van der Waals surface area contributed by atoms with E-state index in [0.717, 1.165) is 0 Å². The lowest BCUT2D eigenvalue weighted by atomic mass is 10.3. The molecule has 23 heavy (non-hydrogen) atoms. The molecule has 126 valence electrons. The molecule has 0 aliphatic heterocycles. The number of nitro groups is 1. The average molecular weight is 326 g/mol. The van der Waals surface area contributed by atoms with Crippen LogP contribution in [0.4, 0.5) is 5.69 Å². The minimum absolute atomic E-state index is 0.0261. The lowest BCUT2D eigenvalue weighted by molar-refractivity contribution is -0.385. The fraction of sp³-hybridized carbons (Fsp3) is 0.429. The first kappa shape index (κ1) is 18.2. The number of methoxy groups -OCH3 is 1. The van der Waals surface area contributed by atoms with Gasteiger partial charge in [0.2, 0.25) is 5.75 Å². The Morgan fingerprint density at radius 1 is 1.39 bits per heavy atom. The van der Waals surface area contributed by atoms with Gasteiger partial charge in [0.15, 0.2) is 6.61 Å². The van der Waals surface area contributed by atoms with Gasteiger partial charge in [-0.15, -0.1) is 0 Å². The minimum Gasteiger partial charge on any atom is -0.490 e. The molecule has 0 spiro atoms. The first-order valence-corrected chi connectivity index (χ1v) is 6.83. The van der Waals surface area contributed by atoms with Crippen LogP contribution in [0.15, 0.2) is 18.2 Å². The summed E-state index contributed by atoms with van der Waals surface area (Å²) in [5.74, 6) is -1.09. The number of nitrogens with zero attached hydrogens (tertiary/aromatic N) is 2. The monoisotopic (exact) mass is 326 g/mol. The molecular formula is C14H18N2O7. The van der Waals surface area contributed by atoms with Crippen molar-refractivity contribution in [2.24, 2.45) is 0 Å². The zero-order valence-electron chi connectivity index (χ0n) is 12.9. The second-order valence-corrected chi connectivity index (χ2v) is 4.50. The van der Waals surface area contributed by atoms with E-state index >= 15 is 0 Å². The molecule has 0 aliphatic carbocycles. The van der Waals surface area contributed by atoms with Crippen LogP contribution in [0.3, 0.4) is 0 Å². The number of carbonyl (C=O) groups is 2. The summed E-state index contributed by atoms with van der Waals surface area (Å²) in [6.45, 7) is 1.89. The number of carboxylic acid groups (broad SMARTS) is 1. The second kappa shape index (κ2) is 8.57. The van der Waals surface area contributed by atoms with E-state index in [2.05, 4.69) is 0 Å². The lowest BCUT2D eigenvalue weighted by Gasteiger charge is -2.20. The normalized spacial score (nSPS) is 10.0. The number of amides is 1. The van der Waals surface area contributed by atoms with Crippen LogP contribution >= 0.6 is 0 Å². The van der Waals surface area contributed by atoms with Crippen LogP contribution in [0.2, 0.25) is 0 Å². The molecule has 1 N–H and O–H groups in total. The summed E-state index contributed by atoms with van der Waals surface area (Å²) in [6, 6.07) is 3.90. The van der Waals surface area contributed by atoms with Gasteiger partial charge >= 0.3 is 11.7 Å². The van der Waals surface area contributed by atoms with Gasteiger partial charge in [0.1, 0.15) is 5.75 Å². The molecule has 0 saturated heterocycles. The number of aliphatic carboxylic acids is 1. The highest BCUT2D eigenvalue weighted by Crippen LogP contribution is 2.30. The number of ether oxygens (including phenoxy) is 2. The average Bonchev–Trinajstić information content (AvgIpc) is 2.52. The lowest BCUT2D eigenvalue weighted by Crippen LogP contribution is -2.36. The molecule has 9 heteroatoms. The third-order valence-electron chi connectivity index (χ3n) is 3.04. The van der Waals surface area contributed by atoms with Crippen molar-refractivity contribution < 1.29 is 29.1 Å². The van der Waals surface area contributed by atoms with Crippen molar-refractivity contribution >= 4 is 17.6 Å². The molecular weight excluding hydrogens is 308 g/mol. The largest absolute Gasteiger partial charge is 0.490 e. The Kier molecular flexibility index (Phi) is 6.78. The van der Waals surface area contributed by atoms with E-state index in [1.807, 2.05) is 0 Å². The topological polar surface area (TPSA) is 119 Å². The predicted molar refractivity (Wildman–Crippen MR) is 79.7 cm³/mol. The Morgan fingerprint density at radius 2 is 2.09 bits per heavy atom. The number of hydrogen-bond acceptors (Lipinski definition) is 6. The molecule has 1 rings (SSSR count). The van der Waals surface area contributed by atoms with Crippen molar-refractivity contribution in [3.05, 3.63) is 28.3 Å². The van der Waals surface area contributed by atoms with E-state index < -0.39 is 10.9 Å². The summed E-state index contributed by atoms with van der Waals surface area (Å²) >= 11 is 0. The van der Waals surface area contributed by atoms with Crippen LogP contribution in [-0.4, -0.2) is 53.6 Å². The Bertz CT molecular complexity index is 588. The number of carbonyl (C=O) groups excluding carboxylic acids is 1. The highest BCUT2D eigenvalue weighted by molar-refractivity contribution is 5.78. The van der Waals surface area contributed by atoms with Gasteiger partial charge in [-0.25, -0.2) is 0 Å². The number of carboxylic acids is 1. The van der Waals surface area contributed by atoms with Gasteiger partial charge < -0.3 is 19.5 Å². The van der Waals surface area contributed by atoms with Crippen LogP contribution < -0.4 is 9.47 Å². The summed E-state index contributed by atoms with van der Waals surface area (Å²) in [6.07, 6.45) is -0.148. The first-order chi connectivity index (χ1) is 10.9. The molecule has 0 heterocycles. The zero-order chi connectivity index (χ0) is 17.4. The van der Waals surface area contributed by atoms with Gasteiger partial charge in [-0.05, 0) is 13.0 Å². The van der Waals surface area contributed by atoms with Crippen molar-refractivity contribution in [1.82, 2.24) is 4.90 Å². The molecule has 1 aromatic rings. The Labute approximate surface area is 132 Å². The number of hydrogen-bond donors (Lipinski definition) is 1. The van der Waals surface area contributed by atoms with E-state index in [1.165, 1.54) is 30.2 Å². The van der Waals surface area contributed by atoms with Crippen molar-refractivity contribution in [2.75, 3.05) is 26.8 Å². The molecule has 1 amide bonds. The molecule has 0 radical (unpaired) electrons. The van der Waals surface area contributed by atoms with E-state index in [-0.39, 0.29) is 42.7 Å². The molecule has 9 nitrogen and oxygen atoms in total. The summed E-state index contributed by atoms with van der Waals surface area (Å²) in [5.41, 5.74) is -0.206. The highest BCUT2D eigenvalue weighted by Gasteiger charge is 2.17. The number of rotatable bonds is 9. The van der Waals surface area contributed by atoms with E-state index in [0.29, 0.717) is 6.54 Å². The van der Waals surface area contributed by atoms with Crippen LogP contribution in [0, 0.1) is 10.1 Å². The van der Waals surface area contributed by atoms with E-state index in [4.69, 9.17) is 14.6 Å². The van der Waals surface area contributed by atoms with Crippen LogP contribution in [0.1, 0.15) is 13.3 Å². The van der Waals surface area contributed by atoms with Crippen molar-refractivity contribution in [3.63, 3.8) is 0 Å². The standard InChI is InChI=1S/C14H18N2O7/c1-3-15(7-6-14(18)19)13(17)9-23-10-4-5-11(16(20)21)12(8-10)22-2/h4-5,8H,3,6-7,9H2,1-2H3,(H,18,19). The molecule has 1 aromatic carbocycles. The molecule has 0 atom stereocenters. The maximum absolute atomic E-state index is 12.0. The van der Waals surface area contributed by atoms with Crippen molar-refractivity contribution in [1.29, 1.82) is 0 Å². The van der Waals surface area contributed by atoms with Crippen molar-refractivity contribution in [3.8, 4) is 11.5 Å². The smallest absolute Gasteiger partial charge is 0.311 e. The third-order valence-corrected chi connectivity index (χ3v) is 3.04. The quantitative estimate of drug-likeness (QED) is 0.536.